The van der Waals surface area contributed by atoms with Crippen LogP contribution < -0.4 is 0 Å². The third-order valence-corrected chi connectivity index (χ3v) is 5.29. The first-order chi connectivity index (χ1) is 10.4. The first kappa shape index (κ1) is 15.0. The summed E-state index contributed by atoms with van der Waals surface area (Å²) in [5, 5.41) is 9.31. The molecule has 0 radical (unpaired) electrons. The highest BCUT2D eigenvalue weighted by atomic mass is 19.1. The topological polar surface area (TPSA) is 57.6 Å². The molecule has 1 aromatic carbocycles. The molecule has 1 saturated heterocycles. The van der Waals surface area contributed by atoms with Crippen molar-refractivity contribution in [2.24, 2.45) is 5.41 Å². The van der Waals surface area contributed by atoms with Gasteiger partial charge in [-0.25, -0.2) is 4.39 Å². The molecule has 2 fully saturated rings. The molecule has 2 aliphatic rings. The lowest BCUT2D eigenvalue weighted by atomic mass is 9.63. The molecule has 118 valence electrons. The van der Waals surface area contributed by atoms with Gasteiger partial charge in [-0.1, -0.05) is 18.6 Å². The molecule has 1 atom stereocenters. The van der Waals surface area contributed by atoms with Gasteiger partial charge in [-0.2, -0.15) is 0 Å². The maximum absolute atomic E-state index is 13.1. The van der Waals surface area contributed by atoms with E-state index in [1.165, 1.54) is 12.1 Å². The largest absolute Gasteiger partial charge is 0.481 e. The molecule has 1 saturated carbocycles. The van der Waals surface area contributed by atoms with Gasteiger partial charge in [0.1, 0.15) is 5.82 Å². The number of nitrogens with zero attached hydrogens (tertiary/aromatic N) is 1. The second-order valence-electron chi connectivity index (χ2n) is 6.79. The Balaban J connectivity index is 1.84. The highest BCUT2D eigenvalue weighted by Gasteiger charge is 2.51. The van der Waals surface area contributed by atoms with Crippen molar-refractivity contribution in [1.29, 1.82) is 0 Å². The molecule has 1 aliphatic carbocycles. The van der Waals surface area contributed by atoms with Crippen molar-refractivity contribution < 1.29 is 19.1 Å². The van der Waals surface area contributed by atoms with Gasteiger partial charge in [-0.05, 0) is 43.9 Å². The number of carboxylic acid groups (broad SMARTS) is 1. The van der Waals surface area contributed by atoms with Crippen molar-refractivity contribution in [3.63, 3.8) is 0 Å². The van der Waals surface area contributed by atoms with Crippen LogP contribution in [0, 0.1) is 11.2 Å². The second kappa shape index (κ2) is 5.07. The zero-order chi connectivity index (χ0) is 16.0. The number of rotatable bonds is 3. The van der Waals surface area contributed by atoms with Gasteiger partial charge >= 0.3 is 5.97 Å². The molecule has 0 unspecified atom stereocenters. The SMILES string of the molecule is C[C@]1(C(=O)O)CCN(C(=O)C2(c3ccc(F)cc3)CCC2)C1. The van der Waals surface area contributed by atoms with Gasteiger partial charge in [0, 0.05) is 13.1 Å². The van der Waals surface area contributed by atoms with E-state index in [0.717, 1.165) is 24.8 Å². The molecule has 0 bridgehead atoms. The van der Waals surface area contributed by atoms with Crippen molar-refractivity contribution in [3.05, 3.63) is 35.6 Å². The van der Waals surface area contributed by atoms with Gasteiger partial charge in [0.15, 0.2) is 0 Å². The number of carboxylic acids is 1. The predicted octanol–water partition coefficient (Wildman–Crippen LogP) is 2.57. The monoisotopic (exact) mass is 305 g/mol. The summed E-state index contributed by atoms with van der Waals surface area (Å²) in [6.45, 7) is 2.42. The average Bonchev–Trinajstić information content (AvgIpc) is 2.84. The Morgan fingerprint density at radius 1 is 1.18 bits per heavy atom. The number of aliphatic carboxylic acids is 1. The van der Waals surface area contributed by atoms with Gasteiger partial charge in [0.2, 0.25) is 5.91 Å². The molecule has 22 heavy (non-hydrogen) atoms. The van der Waals surface area contributed by atoms with E-state index in [4.69, 9.17) is 0 Å². The maximum atomic E-state index is 13.1. The Bertz CT molecular complexity index is 609. The molecular weight excluding hydrogens is 285 g/mol. The molecule has 4 nitrogen and oxygen atoms in total. The van der Waals surface area contributed by atoms with Gasteiger partial charge in [-0.3, -0.25) is 9.59 Å². The molecule has 0 spiro atoms. The first-order valence-electron chi connectivity index (χ1n) is 7.66. The fourth-order valence-electron chi connectivity index (χ4n) is 3.54. The number of carbonyl (C=O) groups excluding carboxylic acids is 1. The van der Waals surface area contributed by atoms with Gasteiger partial charge < -0.3 is 10.0 Å². The molecule has 1 aromatic rings. The van der Waals surface area contributed by atoms with Crippen LogP contribution in [-0.4, -0.2) is 35.0 Å². The number of hydrogen-bond donors (Lipinski definition) is 1. The zero-order valence-electron chi connectivity index (χ0n) is 12.6. The van der Waals surface area contributed by atoms with Gasteiger partial charge in [0.05, 0.1) is 10.8 Å². The molecular formula is C17H20FNO3. The Hall–Kier alpha value is -1.91. The van der Waals surface area contributed by atoms with E-state index >= 15 is 0 Å². The minimum Gasteiger partial charge on any atom is -0.481 e. The van der Waals surface area contributed by atoms with Crippen LogP contribution in [0.15, 0.2) is 24.3 Å². The summed E-state index contributed by atoms with van der Waals surface area (Å²) in [7, 11) is 0. The van der Waals surface area contributed by atoms with Crippen LogP contribution in [0.1, 0.15) is 38.2 Å². The van der Waals surface area contributed by atoms with Crippen LogP contribution >= 0.6 is 0 Å². The number of halogens is 1. The fourth-order valence-corrected chi connectivity index (χ4v) is 3.54. The summed E-state index contributed by atoms with van der Waals surface area (Å²) < 4.78 is 13.1. The quantitative estimate of drug-likeness (QED) is 0.933. The summed E-state index contributed by atoms with van der Waals surface area (Å²) in [5.41, 5.74) is -0.602. The van der Waals surface area contributed by atoms with Gasteiger partial charge in [-0.15, -0.1) is 0 Å². The Morgan fingerprint density at radius 3 is 2.27 bits per heavy atom. The highest BCUT2D eigenvalue weighted by molar-refractivity contribution is 5.90. The van der Waals surface area contributed by atoms with Crippen molar-refractivity contribution >= 4 is 11.9 Å². The number of hydrogen-bond acceptors (Lipinski definition) is 2. The molecule has 3 rings (SSSR count). The van der Waals surface area contributed by atoms with Crippen molar-refractivity contribution in [3.8, 4) is 0 Å². The van der Waals surface area contributed by atoms with Crippen LogP contribution in [0.3, 0.4) is 0 Å². The number of amides is 1. The van der Waals surface area contributed by atoms with Crippen molar-refractivity contribution in [1.82, 2.24) is 4.90 Å². The molecule has 5 heteroatoms. The van der Waals surface area contributed by atoms with Crippen LogP contribution in [0.5, 0.6) is 0 Å². The van der Waals surface area contributed by atoms with Crippen LogP contribution in [0.2, 0.25) is 0 Å². The van der Waals surface area contributed by atoms with Crippen LogP contribution in [0.4, 0.5) is 4.39 Å². The van der Waals surface area contributed by atoms with Crippen LogP contribution in [0.25, 0.3) is 0 Å². The summed E-state index contributed by atoms with van der Waals surface area (Å²) in [4.78, 5) is 26.0. The standard InChI is InChI=1S/C17H20FNO3/c1-16(15(21)22)9-10-19(11-16)14(20)17(7-2-8-17)12-3-5-13(18)6-4-12/h3-6H,2,7-11H2,1H3,(H,21,22)/t16-/m0/s1. The Morgan fingerprint density at radius 2 is 1.82 bits per heavy atom. The smallest absolute Gasteiger partial charge is 0.311 e. The van der Waals surface area contributed by atoms with Crippen molar-refractivity contribution in [2.75, 3.05) is 13.1 Å². The van der Waals surface area contributed by atoms with E-state index in [-0.39, 0.29) is 18.3 Å². The maximum Gasteiger partial charge on any atom is 0.311 e. The number of carbonyl (C=O) groups is 2. The Labute approximate surface area is 128 Å². The summed E-state index contributed by atoms with van der Waals surface area (Å²) in [6.07, 6.45) is 2.94. The number of likely N-dealkylation sites (tertiary alicyclic amines) is 1. The Kier molecular flexibility index (Phi) is 3.46. The number of benzene rings is 1. The summed E-state index contributed by atoms with van der Waals surface area (Å²) in [6, 6.07) is 6.12. The lowest BCUT2D eigenvalue weighted by molar-refractivity contribution is -0.148. The second-order valence-corrected chi connectivity index (χ2v) is 6.79. The third kappa shape index (κ3) is 2.19. The normalized spacial score (nSPS) is 26.5. The molecule has 1 amide bonds. The van der Waals surface area contributed by atoms with E-state index in [0.29, 0.717) is 13.0 Å². The van der Waals surface area contributed by atoms with Gasteiger partial charge in [0.25, 0.3) is 0 Å². The molecule has 0 aromatic heterocycles. The fraction of sp³-hybridized carbons (Fsp3) is 0.529. The lowest BCUT2D eigenvalue weighted by Gasteiger charge is -2.43. The highest BCUT2D eigenvalue weighted by Crippen LogP contribution is 2.46. The first-order valence-corrected chi connectivity index (χ1v) is 7.66. The molecule has 1 aliphatic heterocycles. The summed E-state index contributed by atoms with van der Waals surface area (Å²) >= 11 is 0. The van der Waals surface area contributed by atoms with E-state index in [9.17, 15) is 19.1 Å². The molecule has 1 N–H and O–H groups in total. The average molecular weight is 305 g/mol. The lowest BCUT2D eigenvalue weighted by Crippen LogP contribution is -2.51. The van der Waals surface area contributed by atoms with E-state index < -0.39 is 16.8 Å². The third-order valence-electron chi connectivity index (χ3n) is 5.29. The van der Waals surface area contributed by atoms with E-state index in [1.54, 1.807) is 24.0 Å². The summed E-state index contributed by atoms with van der Waals surface area (Å²) in [5.74, 6) is -1.17. The minimum atomic E-state index is -0.858. The van der Waals surface area contributed by atoms with Crippen LogP contribution in [-0.2, 0) is 15.0 Å². The predicted molar refractivity (Wildman–Crippen MR) is 78.9 cm³/mol. The minimum absolute atomic E-state index is 0.00432. The van der Waals surface area contributed by atoms with E-state index in [1.807, 2.05) is 0 Å². The van der Waals surface area contributed by atoms with E-state index in [2.05, 4.69) is 0 Å². The van der Waals surface area contributed by atoms with Crippen molar-refractivity contribution in [2.45, 2.75) is 38.0 Å². The zero-order valence-corrected chi connectivity index (χ0v) is 12.6. The molecule has 1 heterocycles.